The molecule has 0 N–H and O–H groups in total. The summed E-state index contributed by atoms with van der Waals surface area (Å²) < 4.78 is 25.9. The SMILES string of the molecule is C[C@@H]1COCCN1c1cc(-c2ccnn2C)c2c(F)nc(-c3ccnn3PI)n2n1. The van der Waals surface area contributed by atoms with Crippen molar-refractivity contribution in [2.24, 2.45) is 7.05 Å². The van der Waals surface area contributed by atoms with Crippen molar-refractivity contribution in [2.45, 2.75) is 13.0 Å². The number of hydrogen-bond donors (Lipinski definition) is 0. The molecule has 0 aromatic carbocycles. The van der Waals surface area contributed by atoms with Gasteiger partial charge in [-0.25, -0.2) is 8.97 Å². The van der Waals surface area contributed by atoms with E-state index in [1.54, 1.807) is 26.0 Å². The molecule has 1 fully saturated rings. The molecule has 5 rings (SSSR count). The van der Waals surface area contributed by atoms with Crippen molar-refractivity contribution in [1.29, 1.82) is 0 Å². The Morgan fingerprint density at radius 3 is 2.77 bits per heavy atom. The molecular formula is C18H19FIN8OP. The van der Waals surface area contributed by atoms with Gasteiger partial charge in [0.15, 0.2) is 11.6 Å². The van der Waals surface area contributed by atoms with Gasteiger partial charge in [-0.15, -0.1) is 5.10 Å². The number of aromatic nitrogens is 7. The third kappa shape index (κ3) is 3.19. The number of ether oxygens (including phenoxy) is 1. The van der Waals surface area contributed by atoms with Crippen LogP contribution in [0.5, 0.6) is 0 Å². The van der Waals surface area contributed by atoms with E-state index < -0.39 is 5.95 Å². The van der Waals surface area contributed by atoms with Gasteiger partial charge in [-0.05, 0) is 47.2 Å². The van der Waals surface area contributed by atoms with Crippen molar-refractivity contribution in [3.63, 3.8) is 0 Å². The minimum atomic E-state index is -0.570. The molecule has 156 valence electrons. The zero-order chi connectivity index (χ0) is 20.8. The van der Waals surface area contributed by atoms with Gasteiger partial charge in [0, 0.05) is 25.4 Å². The summed E-state index contributed by atoms with van der Waals surface area (Å²) in [6, 6.07) is 5.76. The Balaban J connectivity index is 1.80. The van der Waals surface area contributed by atoms with E-state index in [1.165, 1.54) is 0 Å². The highest BCUT2D eigenvalue weighted by molar-refractivity contribution is 14.2. The van der Waals surface area contributed by atoms with Crippen LogP contribution in [0.3, 0.4) is 0 Å². The maximum Gasteiger partial charge on any atom is 0.241 e. The fourth-order valence-corrected chi connectivity index (χ4v) is 5.31. The summed E-state index contributed by atoms with van der Waals surface area (Å²) in [5, 5.41) is 13.4. The van der Waals surface area contributed by atoms with E-state index in [0.29, 0.717) is 43.0 Å². The van der Waals surface area contributed by atoms with Crippen molar-refractivity contribution in [3.8, 4) is 22.8 Å². The van der Waals surface area contributed by atoms with Crippen molar-refractivity contribution in [2.75, 3.05) is 24.7 Å². The molecule has 2 atom stereocenters. The smallest absolute Gasteiger partial charge is 0.241 e. The van der Waals surface area contributed by atoms with Gasteiger partial charge >= 0.3 is 0 Å². The van der Waals surface area contributed by atoms with Crippen molar-refractivity contribution in [1.82, 2.24) is 33.9 Å². The average molecular weight is 540 g/mol. The van der Waals surface area contributed by atoms with E-state index in [-0.39, 0.29) is 6.04 Å². The second kappa shape index (κ2) is 7.86. The van der Waals surface area contributed by atoms with Crippen molar-refractivity contribution < 1.29 is 9.13 Å². The van der Waals surface area contributed by atoms with Gasteiger partial charge < -0.3 is 9.64 Å². The minimum absolute atomic E-state index is 0.154. The summed E-state index contributed by atoms with van der Waals surface area (Å²) in [7, 11) is 1.84. The molecule has 12 heteroatoms. The molecule has 0 saturated carbocycles. The Morgan fingerprint density at radius 1 is 1.23 bits per heavy atom. The fraction of sp³-hybridized carbons (Fsp3) is 0.333. The van der Waals surface area contributed by atoms with Crippen LogP contribution in [0.4, 0.5) is 10.2 Å². The Morgan fingerprint density at radius 2 is 2.03 bits per heavy atom. The Labute approximate surface area is 186 Å². The number of halogens is 2. The first kappa shape index (κ1) is 19.8. The lowest BCUT2D eigenvalue weighted by Gasteiger charge is -2.34. The van der Waals surface area contributed by atoms with Crippen LogP contribution in [0.25, 0.3) is 28.3 Å². The summed E-state index contributed by atoms with van der Waals surface area (Å²) >= 11 is 2.24. The standard InChI is InChI=1S/C18H19FIN8OP/c1-11-10-29-8-7-26(11)15-9-12(13-3-5-21-25(13)2)16-17(19)23-18(27(16)24-15)14-4-6-22-28(14)30-20/h3-6,9,11,30H,7-8,10H2,1-2H3/t11-/m1/s1. The number of morpholine rings is 1. The number of imidazole rings is 1. The first-order chi connectivity index (χ1) is 14.6. The van der Waals surface area contributed by atoms with Gasteiger partial charge in [0.05, 0.1) is 37.5 Å². The molecule has 0 bridgehead atoms. The topological polar surface area (TPSA) is 78.3 Å². The van der Waals surface area contributed by atoms with E-state index in [4.69, 9.17) is 9.84 Å². The lowest BCUT2D eigenvalue weighted by Crippen LogP contribution is -2.44. The molecule has 1 unspecified atom stereocenters. The lowest BCUT2D eigenvalue weighted by atomic mass is 10.1. The van der Waals surface area contributed by atoms with Gasteiger partial charge in [-0.3, -0.25) is 4.68 Å². The van der Waals surface area contributed by atoms with E-state index in [0.717, 1.165) is 17.2 Å². The number of rotatable bonds is 4. The number of fused-ring (bicyclic) bond motifs is 1. The highest BCUT2D eigenvalue weighted by atomic mass is 127. The summed E-state index contributed by atoms with van der Waals surface area (Å²) in [6.07, 6.45) is 3.75. The summed E-state index contributed by atoms with van der Waals surface area (Å²) in [5.41, 5.74) is 2.53. The van der Waals surface area contributed by atoms with Crippen LogP contribution in [0.1, 0.15) is 6.92 Å². The Hall–Kier alpha value is -2.11. The van der Waals surface area contributed by atoms with Crippen LogP contribution in [-0.2, 0) is 11.8 Å². The van der Waals surface area contributed by atoms with E-state index in [2.05, 4.69) is 49.0 Å². The van der Waals surface area contributed by atoms with Gasteiger partial charge in [0.1, 0.15) is 11.2 Å². The van der Waals surface area contributed by atoms with Gasteiger partial charge in [-0.2, -0.15) is 19.6 Å². The molecule has 0 spiro atoms. The highest BCUT2D eigenvalue weighted by Crippen LogP contribution is 2.35. The van der Waals surface area contributed by atoms with Gasteiger partial charge in [0.2, 0.25) is 5.95 Å². The Bertz CT molecular complexity index is 1220. The number of hydrogen-bond acceptors (Lipinski definition) is 6. The second-order valence-electron chi connectivity index (χ2n) is 7.07. The van der Waals surface area contributed by atoms with Crippen LogP contribution in [0.15, 0.2) is 30.6 Å². The number of anilines is 1. The fourth-order valence-electron chi connectivity index (χ4n) is 3.78. The van der Waals surface area contributed by atoms with E-state index in [9.17, 15) is 0 Å². The van der Waals surface area contributed by atoms with Gasteiger partial charge in [-0.1, -0.05) is 0 Å². The molecule has 1 aliphatic heterocycles. The largest absolute Gasteiger partial charge is 0.377 e. The molecule has 4 aromatic rings. The van der Waals surface area contributed by atoms with Gasteiger partial charge in [0.25, 0.3) is 0 Å². The summed E-state index contributed by atoms with van der Waals surface area (Å²) in [4.78, 5) is 6.43. The molecule has 4 aromatic heterocycles. The quantitative estimate of drug-likeness (QED) is 0.293. The predicted octanol–water partition coefficient (Wildman–Crippen LogP) is 3.15. The van der Waals surface area contributed by atoms with Crippen LogP contribution < -0.4 is 4.90 Å². The zero-order valence-electron chi connectivity index (χ0n) is 16.3. The maximum atomic E-state index is 15.2. The van der Waals surface area contributed by atoms with E-state index in [1.807, 2.05) is 25.2 Å². The third-order valence-electron chi connectivity index (χ3n) is 5.25. The highest BCUT2D eigenvalue weighted by Gasteiger charge is 2.26. The molecule has 1 aliphatic rings. The normalized spacial score (nSPS) is 17.6. The molecule has 30 heavy (non-hydrogen) atoms. The zero-order valence-corrected chi connectivity index (χ0v) is 19.5. The lowest BCUT2D eigenvalue weighted by molar-refractivity contribution is 0.0984. The molecular weight excluding hydrogens is 521 g/mol. The minimum Gasteiger partial charge on any atom is -0.377 e. The maximum absolute atomic E-state index is 15.2. The molecule has 0 amide bonds. The summed E-state index contributed by atoms with van der Waals surface area (Å²) in [6.45, 7) is 4.05. The third-order valence-corrected chi connectivity index (χ3v) is 7.14. The molecule has 0 radical (unpaired) electrons. The van der Waals surface area contributed by atoms with Crippen molar-refractivity contribution in [3.05, 3.63) is 36.5 Å². The summed E-state index contributed by atoms with van der Waals surface area (Å²) in [5.74, 6) is 0.603. The molecule has 1 saturated heterocycles. The van der Waals surface area contributed by atoms with Crippen LogP contribution in [-0.4, -0.2) is 59.7 Å². The number of aryl methyl sites for hydroxylation is 1. The molecule has 5 heterocycles. The van der Waals surface area contributed by atoms with E-state index >= 15 is 4.39 Å². The molecule has 9 nitrogen and oxygen atoms in total. The average Bonchev–Trinajstić information content (AvgIpc) is 3.46. The van der Waals surface area contributed by atoms with Crippen molar-refractivity contribution >= 4 is 39.7 Å². The number of nitrogens with zero attached hydrogens (tertiary/aromatic N) is 8. The second-order valence-corrected chi connectivity index (χ2v) is 9.11. The van der Waals surface area contributed by atoms with Crippen LogP contribution >= 0.6 is 28.4 Å². The first-order valence-electron chi connectivity index (χ1n) is 9.41. The molecule has 0 aliphatic carbocycles. The monoisotopic (exact) mass is 540 g/mol. The van der Waals surface area contributed by atoms with Crippen LogP contribution in [0.2, 0.25) is 0 Å². The van der Waals surface area contributed by atoms with Crippen LogP contribution in [0, 0.1) is 5.95 Å². The predicted molar refractivity (Wildman–Crippen MR) is 122 cm³/mol. The Kier molecular flexibility index (Phi) is 5.19. The first-order valence-corrected chi connectivity index (χ1v) is 13.5.